The average Bonchev–Trinajstić information content (AvgIpc) is 3.20. The standard InChI is InChI=1S/C21H15ClN4O2S/c1-12-7-8-29-16(12)17-19(9-23,10-24)20(11-25)13(2)21(27-17,28-18(20)26)14-3-5-15(22)6-4-14/h3-8,13,17,26H,1-2H3. The molecular formula is C21H15ClN4O2S. The number of benzene rings is 1. The number of nitrogens with one attached hydrogen (secondary N) is 1. The van der Waals surface area contributed by atoms with Crippen molar-refractivity contribution in [3.05, 3.63) is 56.7 Å². The molecule has 4 atom stereocenters. The summed E-state index contributed by atoms with van der Waals surface area (Å²) in [5.74, 6) is -2.71. The van der Waals surface area contributed by atoms with Crippen molar-refractivity contribution in [1.82, 2.24) is 0 Å². The number of nitriles is 3. The molecule has 2 aliphatic rings. The Morgan fingerprint density at radius 1 is 1.10 bits per heavy atom. The highest BCUT2D eigenvalue weighted by molar-refractivity contribution is 7.10. The van der Waals surface area contributed by atoms with Crippen LogP contribution in [0.15, 0.2) is 35.7 Å². The van der Waals surface area contributed by atoms with Crippen molar-refractivity contribution in [2.24, 2.45) is 16.7 Å². The van der Waals surface area contributed by atoms with E-state index in [2.05, 4.69) is 6.07 Å². The van der Waals surface area contributed by atoms with E-state index >= 15 is 0 Å². The molecule has 1 aromatic carbocycles. The van der Waals surface area contributed by atoms with Crippen molar-refractivity contribution in [2.75, 3.05) is 0 Å². The summed E-state index contributed by atoms with van der Waals surface area (Å²) in [5, 5.41) is 41.5. The van der Waals surface area contributed by atoms with E-state index in [1.54, 1.807) is 31.2 Å². The highest BCUT2D eigenvalue weighted by Crippen LogP contribution is 2.69. The molecule has 2 aliphatic heterocycles. The van der Waals surface area contributed by atoms with Crippen LogP contribution in [0.5, 0.6) is 0 Å². The summed E-state index contributed by atoms with van der Waals surface area (Å²) in [6.07, 6.45) is -1.06. The molecule has 29 heavy (non-hydrogen) atoms. The molecule has 2 aromatic rings. The van der Waals surface area contributed by atoms with Gasteiger partial charge >= 0.3 is 0 Å². The molecule has 3 heterocycles. The predicted octanol–water partition coefficient (Wildman–Crippen LogP) is 4.82. The largest absolute Gasteiger partial charge is 0.443 e. The number of hydrogen-bond donors (Lipinski definition) is 1. The van der Waals surface area contributed by atoms with Crippen molar-refractivity contribution < 1.29 is 9.47 Å². The quantitative estimate of drug-likeness (QED) is 0.744. The first-order valence-corrected chi connectivity index (χ1v) is 10.1. The molecule has 6 nitrogen and oxygen atoms in total. The van der Waals surface area contributed by atoms with Crippen molar-refractivity contribution in [1.29, 1.82) is 21.2 Å². The Labute approximate surface area is 177 Å². The highest BCUT2D eigenvalue weighted by atomic mass is 35.5. The highest BCUT2D eigenvalue weighted by Gasteiger charge is 2.80. The van der Waals surface area contributed by atoms with E-state index in [1.165, 1.54) is 11.3 Å². The van der Waals surface area contributed by atoms with E-state index < -0.39 is 34.5 Å². The molecule has 2 bridgehead atoms. The Bertz CT molecular complexity index is 1130. The van der Waals surface area contributed by atoms with E-state index in [1.807, 2.05) is 30.5 Å². The van der Waals surface area contributed by atoms with Gasteiger partial charge in [0, 0.05) is 15.5 Å². The molecule has 4 unspecified atom stereocenters. The summed E-state index contributed by atoms with van der Waals surface area (Å²) in [7, 11) is 0. The fraction of sp³-hybridized carbons (Fsp3) is 0.333. The topological polar surface area (TPSA) is 114 Å². The van der Waals surface area contributed by atoms with Crippen LogP contribution >= 0.6 is 22.9 Å². The Hall–Kier alpha value is -2.89. The SMILES string of the molecule is Cc1ccsc1C1OC2(c3ccc(Cl)cc3)OC(=N)C(C#N)(C2C)C1(C#N)C#N. The first kappa shape index (κ1) is 19.4. The van der Waals surface area contributed by atoms with Crippen LogP contribution in [0.4, 0.5) is 0 Å². The zero-order valence-corrected chi connectivity index (χ0v) is 17.1. The normalized spacial score (nSPS) is 31.9. The van der Waals surface area contributed by atoms with Crippen LogP contribution < -0.4 is 0 Å². The van der Waals surface area contributed by atoms with Gasteiger partial charge in [-0.1, -0.05) is 30.7 Å². The third-order valence-corrected chi connectivity index (χ3v) is 7.37. The van der Waals surface area contributed by atoms with Gasteiger partial charge in [-0.2, -0.15) is 15.8 Å². The Balaban J connectivity index is 2.05. The molecule has 0 aliphatic carbocycles. The number of thiophene rings is 1. The number of nitrogens with zero attached hydrogens (tertiary/aromatic N) is 3. The summed E-state index contributed by atoms with van der Waals surface area (Å²) in [4.78, 5) is 0.663. The van der Waals surface area contributed by atoms with Crippen LogP contribution in [0.3, 0.4) is 0 Å². The Kier molecular flexibility index (Phi) is 4.22. The number of rotatable bonds is 2. The lowest BCUT2D eigenvalue weighted by Crippen LogP contribution is -2.57. The van der Waals surface area contributed by atoms with Crippen molar-refractivity contribution in [2.45, 2.75) is 25.7 Å². The third kappa shape index (κ3) is 2.14. The molecular weight excluding hydrogens is 408 g/mol. The minimum Gasteiger partial charge on any atom is -0.443 e. The lowest BCUT2D eigenvalue weighted by molar-refractivity contribution is -0.288. The minimum absolute atomic E-state index is 0.428. The maximum Gasteiger partial charge on any atom is 0.244 e. The number of ether oxygens (including phenoxy) is 2. The van der Waals surface area contributed by atoms with E-state index in [0.717, 1.165) is 5.56 Å². The molecule has 4 rings (SSSR count). The van der Waals surface area contributed by atoms with Crippen LogP contribution in [0.1, 0.15) is 29.0 Å². The van der Waals surface area contributed by atoms with Crippen LogP contribution in [-0.4, -0.2) is 5.90 Å². The minimum atomic E-state index is -1.94. The fourth-order valence-electron chi connectivity index (χ4n) is 4.44. The average molecular weight is 423 g/mol. The Morgan fingerprint density at radius 3 is 2.28 bits per heavy atom. The van der Waals surface area contributed by atoms with E-state index in [4.69, 9.17) is 26.5 Å². The zero-order chi connectivity index (χ0) is 21.0. The summed E-state index contributed by atoms with van der Waals surface area (Å²) in [6.45, 7) is 3.54. The van der Waals surface area contributed by atoms with Gasteiger partial charge in [-0.15, -0.1) is 11.3 Å². The van der Waals surface area contributed by atoms with Gasteiger partial charge in [0.1, 0.15) is 6.10 Å². The second-order valence-electron chi connectivity index (χ2n) is 7.24. The van der Waals surface area contributed by atoms with Crippen molar-refractivity contribution >= 4 is 28.8 Å². The van der Waals surface area contributed by atoms with E-state index in [-0.39, 0.29) is 0 Å². The van der Waals surface area contributed by atoms with Gasteiger partial charge in [0.05, 0.1) is 24.1 Å². The fourth-order valence-corrected chi connectivity index (χ4v) is 5.58. The molecule has 2 fully saturated rings. The Morgan fingerprint density at radius 2 is 1.76 bits per heavy atom. The maximum atomic E-state index is 10.3. The molecule has 0 spiro atoms. The van der Waals surface area contributed by atoms with Crippen LogP contribution in [0.25, 0.3) is 0 Å². The smallest absolute Gasteiger partial charge is 0.244 e. The van der Waals surface area contributed by atoms with Crippen molar-refractivity contribution in [3.63, 3.8) is 0 Å². The molecule has 0 radical (unpaired) electrons. The molecule has 144 valence electrons. The van der Waals surface area contributed by atoms with Gasteiger partial charge in [-0.25, -0.2) is 0 Å². The molecule has 0 saturated carbocycles. The number of fused-ring (bicyclic) bond motifs is 2. The van der Waals surface area contributed by atoms with Crippen LogP contribution in [0.2, 0.25) is 5.02 Å². The summed E-state index contributed by atoms with van der Waals surface area (Å²) >= 11 is 7.37. The summed E-state index contributed by atoms with van der Waals surface area (Å²) in [5.41, 5.74) is -2.33. The lowest BCUT2D eigenvalue weighted by atomic mass is 9.54. The van der Waals surface area contributed by atoms with E-state index in [0.29, 0.717) is 15.5 Å². The first-order valence-electron chi connectivity index (χ1n) is 8.82. The molecule has 2 saturated heterocycles. The first-order chi connectivity index (χ1) is 13.8. The van der Waals surface area contributed by atoms with Gasteiger partial charge in [-0.05, 0) is 36.1 Å². The number of halogens is 1. The number of hydrogen-bond acceptors (Lipinski definition) is 7. The van der Waals surface area contributed by atoms with Gasteiger partial charge in [0.2, 0.25) is 17.1 Å². The molecule has 0 amide bonds. The van der Waals surface area contributed by atoms with Crippen LogP contribution in [0, 0.1) is 63.1 Å². The van der Waals surface area contributed by atoms with Gasteiger partial charge in [-0.3, -0.25) is 5.41 Å². The van der Waals surface area contributed by atoms with Gasteiger partial charge in [0.15, 0.2) is 5.41 Å². The number of aryl methyl sites for hydroxylation is 1. The predicted molar refractivity (Wildman–Crippen MR) is 106 cm³/mol. The maximum absolute atomic E-state index is 10.3. The van der Waals surface area contributed by atoms with Gasteiger partial charge in [0.25, 0.3) is 0 Å². The van der Waals surface area contributed by atoms with E-state index in [9.17, 15) is 15.8 Å². The molecule has 1 N–H and O–H groups in total. The summed E-state index contributed by atoms with van der Waals surface area (Å²) in [6, 6.07) is 14.8. The van der Waals surface area contributed by atoms with Crippen molar-refractivity contribution in [3.8, 4) is 18.2 Å². The third-order valence-electron chi connectivity index (χ3n) is 6.06. The second-order valence-corrected chi connectivity index (χ2v) is 8.63. The molecule has 1 aromatic heterocycles. The molecule has 8 heteroatoms. The summed E-state index contributed by atoms with van der Waals surface area (Å²) < 4.78 is 12.4. The zero-order valence-electron chi connectivity index (χ0n) is 15.6. The second kappa shape index (κ2) is 6.31. The van der Waals surface area contributed by atoms with Crippen LogP contribution in [-0.2, 0) is 15.3 Å². The lowest BCUT2D eigenvalue weighted by Gasteiger charge is -2.48. The van der Waals surface area contributed by atoms with Gasteiger partial charge < -0.3 is 9.47 Å². The monoisotopic (exact) mass is 422 g/mol.